The molecular formula is C14H19N. The molecule has 0 N–H and O–H groups in total. The van der Waals surface area contributed by atoms with Gasteiger partial charge in [0.1, 0.15) is 0 Å². The summed E-state index contributed by atoms with van der Waals surface area (Å²) in [5.74, 6) is 0. The van der Waals surface area contributed by atoms with E-state index in [0.29, 0.717) is 0 Å². The predicted molar refractivity (Wildman–Crippen MR) is 62.9 cm³/mol. The Balaban J connectivity index is 1.91. The van der Waals surface area contributed by atoms with Crippen molar-refractivity contribution in [1.82, 2.24) is 4.90 Å². The molecule has 1 fully saturated rings. The number of benzene rings is 1. The number of nitrogens with zero attached hydrogens (tertiary/aromatic N) is 1. The second kappa shape index (κ2) is 3.97. The first-order valence-corrected chi connectivity index (χ1v) is 6.27. The van der Waals surface area contributed by atoms with Gasteiger partial charge in [-0.15, -0.1) is 0 Å². The summed E-state index contributed by atoms with van der Waals surface area (Å²) in [7, 11) is 0. The Morgan fingerprint density at radius 3 is 2.67 bits per heavy atom. The van der Waals surface area contributed by atoms with Gasteiger partial charge in [-0.3, -0.25) is 4.90 Å². The monoisotopic (exact) mass is 201 g/mol. The molecule has 1 atom stereocenters. The van der Waals surface area contributed by atoms with Crippen molar-refractivity contribution in [3.63, 3.8) is 0 Å². The summed E-state index contributed by atoms with van der Waals surface area (Å²) in [4.78, 5) is 2.69. The summed E-state index contributed by atoms with van der Waals surface area (Å²) in [6.45, 7) is 2.64. The smallest absolute Gasteiger partial charge is 0.0350 e. The SMILES string of the molecule is c1ccc2c(c1)CCCC2N1CCCC1. The first kappa shape index (κ1) is 9.41. The van der Waals surface area contributed by atoms with E-state index in [1.807, 2.05) is 0 Å². The minimum absolute atomic E-state index is 0.734. The minimum atomic E-state index is 0.734. The van der Waals surface area contributed by atoms with Gasteiger partial charge in [-0.05, 0) is 56.3 Å². The van der Waals surface area contributed by atoms with Crippen LogP contribution >= 0.6 is 0 Å². The highest BCUT2D eigenvalue weighted by Gasteiger charge is 2.27. The molecule has 0 radical (unpaired) electrons. The molecule has 1 unspecified atom stereocenters. The number of fused-ring (bicyclic) bond motifs is 1. The Morgan fingerprint density at radius 1 is 1.00 bits per heavy atom. The first-order chi connectivity index (χ1) is 7.45. The quantitative estimate of drug-likeness (QED) is 0.674. The summed E-state index contributed by atoms with van der Waals surface area (Å²) in [6.07, 6.45) is 6.84. The highest BCUT2D eigenvalue weighted by atomic mass is 15.2. The van der Waals surface area contributed by atoms with Crippen LogP contribution in [0.2, 0.25) is 0 Å². The van der Waals surface area contributed by atoms with Crippen molar-refractivity contribution in [2.75, 3.05) is 13.1 Å². The maximum atomic E-state index is 2.69. The van der Waals surface area contributed by atoms with Crippen molar-refractivity contribution in [2.45, 2.75) is 38.1 Å². The van der Waals surface area contributed by atoms with Gasteiger partial charge in [-0.1, -0.05) is 24.3 Å². The predicted octanol–water partition coefficient (Wildman–Crippen LogP) is 3.16. The van der Waals surface area contributed by atoms with Crippen LogP contribution in [0.4, 0.5) is 0 Å². The van der Waals surface area contributed by atoms with Gasteiger partial charge >= 0.3 is 0 Å². The average Bonchev–Trinajstić information content (AvgIpc) is 2.82. The largest absolute Gasteiger partial charge is 0.296 e. The molecule has 1 heteroatoms. The zero-order chi connectivity index (χ0) is 10.1. The molecule has 15 heavy (non-hydrogen) atoms. The van der Waals surface area contributed by atoms with E-state index >= 15 is 0 Å². The van der Waals surface area contributed by atoms with Crippen LogP contribution in [0, 0.1) is 0 Å². The molecule has 80 valence electrons. The lowest BCUT2D eigenvalue weighted by Gasteiger charge is -2.32. The molecule has 3 rings (SSSR count). The Labute approximate surface area is 92.1 Å². The van der Waals surface area contributed by atoms with E-state index in [4.69, 9.17) is 0 Å². The lowest BCUT2D eigenvalue weighted by Crippen LogP contribution is -2.28. The van der Waals surface area contributed by atoms with Gasteiger partial charge in [0.2, 0.25) is 0 Å². The minimum Gasteiger partial charge on any atom is -0.296 e. The molecule has 1 aliphatic carbocycles. The third-order valence-corrected chi connectivity index (χ3v) is 3.92. The molecule has 1 aromatic rings. The summed E-state index contributed by atoms with van der Waals surface area (Å²) < 4.78 is 0. The lowest BCUT2D eigenvalue weighted by molar-refractivity contribution is 0.221. The highest BCUT2D eigenvalue weighted by molar-refractivity contribution is 5.32. The first-order valence-electron chi connectivity index (χ1n) is 6.27. The van der Waals surface area contributed by atoms with Crippen LogP contribution in [0.5, 0.6) is 0 Å². The normalized spacial score (nSPS) is 26.5. The van der Waals surface area contributed by atoms with E-state index < -0.39 is 0 Å². The summed E-state index contributed by atoms with van der Waals surface area (Å²) >= 11 is 0. The van der Waals surface area contributed by atoms with Crippen molar-refractivity contribution in [1.29, 1.82) is 0 Å². The third-order valence-electron chi connectivity index (χ3n) is 3.92. The van der Waals surface area contributed by atoms with E-state index in [0.717, 1.165) is 6.04 Å². The zero-order valence-electron chi connectivity index (χ0n) is 9.28. The molecule has 1 aromatic carbocycles. The fourth-order valence-electron chi connectivity index (χ4n) is 3.16. The Bertz CT molecular complexity index is 339. The van der Waals surface area contributed by atoms with Gasteiger partial charge in [-0.2, -0.15) is 0 Å². The van der Waals surface area contributed by atoms with E-state index in [-0.39, 0.29) is 0 Å². The second-order valence-corrected chi connectivity index (χ2v) is 4.85. The van der Waals surface area contributed by atoms with Crippen molar-refractivity contribution in [2.24, 2.45) is 0 Å². The van der Waals surface area contributed by atoms with Crippen LogP contribution in [-0.4, -0.2) is 18.0 Å². The molecule has 1 saturated heterocycles. The van der Waals surface area contributed by atoms with Crippen molar-refractivity contribution < 1.29 is 0 Å². The number of likely N-dealkylation sites (tertiary alicyclic amines) is 1. The Kier molecular flexibility index (Phi) is 2.49. The number of hydrogen-bond donors (Lipinski definition) is 0. The number of aryl methyl sites for hydroxylation is 1. The number of hydrogen-bond acceptors (Lipinski definition) is 1. The van der Waals surface area contributed by atoms with E-state index in [1.165, 1.54) is 45.2 Å². The third kappa shape index (κ3) is 1.69. The Hall–Kier alpha value is -0.820. The van der Waals surface area contributed by atoms with Gasteiger partial charge < -0.3 is 0 Å². The molecule has 2 aliphatic rings. The molecule has 0 amide bonds. The summed E-state index contributed by atoms with van der Waals surface area (Å²) in [5.41, 5.74) is 3.21. The molecule has 0 bridgehead atoms. The van der Waals surface area contributed by atoms with Crippen molar-refractivity contribution in [3.05, 3.63) is 35.4 Å². The van der Waals surface area contributed by atoms with Gasteiger partial charge in [0.25, 0.3) is 0 Å². The fraction of sp³-hybridized carbons (Fsp3) is 0.571. The molecule has 0 aromatic heterocycles. The molecule has 1 nitrogen and oxygen atoms in total. The van der Waals surface area contributed by atoms with Crippen LogP contribution in [0.3, 0.4) is 0 Å². The van der Waals surface area contributed by atoms with Crippen LogP contribution in [0.25, 0.3) is 0 Å². The van der Waals surface area contributed by atoms with Crippen molar-refractivity contribution >= 4 is 0 Å². The van der Waals surface area contributed by atoms with Crippen LogP contribution in [0.1, 0.15) is 42.9 Å². The molecule has 0 spiro atoms. The van der Waals surface area contributed by atoms with Crippen LogP contribution in [0.15, 0.2) is 24.3 Å². The van der Waals surface area contributed by atoms with Crippen LogP contribution in [-0.2, 0) is 6.42 Å². The zero-order valence-corrected chi connectivity index (χ0v) is 9.28. The maximum absolute atomic E-state index is 2.69. The van der Waals surface area contributed by atoms with Gasteiger partial charge in [-0.25, -0.2) is 0 Å². The van der Waals surface area contributed by atoms with E-state index in [2.05, 4.69) is 29.2 Å². The van der Waals surface area contributed by atoms with Gasteiger partial charge in [0, 0.05) is 6.04 Å². The van der Waals surface area contributed by atoms with E-state index in [1.54, 1.807) is 11.1 Å². The lowest BCUT2D eigenvalue weighted by atomic mass is 9.87. The van der Waals surface area contributed by atoms with E-state index in [9.17, 15) is 0 Å². The molecule has 0 saturated carbocycles. The van der Waals surface area contributed by atoms with Gasteiger partial charge in [0.15, 0.2) is 0 Å². The summed E-state index contributed by atoms with van der Waals surface area (Å²) in [5, 5.41) is 0. The number of rotatable bonds is 1. The molecular weight excluding hydrogens is 182 g/mol. The van der Waals surface area contributed by atoms with Gasteiger partial charge in [0.05, 0.1) is 0 Å². The Morgan fingerprint density at radius 2 is 1.80 bits per heavy atom. The maximum Gasteiger partial charge on any atom is 0.0350 e. The average molecular weight is 201 g/mol. The molecule has 1 heterocycles. The fourth-order valence-corrected chi connectivity index (χ4v) is 3.16. The standard InChI is InChI=1S/C14H19N/c1-2-8-13-12(6-1)7-5-9-14(13)15-10-3-4-11-15/h1-2,6,8,14H,3-5,7,9-11H2. The van der Waals surface area contributed by atoms with Crippen molar-refractivity contribution in [3.8, 4) is 0 Å². The van der Waals surface area contributed by atoms with Crippen LogP contribution < -0.4 is 0 Å². The molecule has 1 aliphatic heterocycles. The second-order valence-electron chi connectivity index (χ2n) is 4.85. The topological polar surface area (TPSA) is 3.24 Å². The highest BCUT2D eigenvalue weighted by Crippen LogP contribution is 2.35. The summed E-state index contributed by atoms with van der Waals surface area (Å²) in [6, 6.07) is 9.78.